The Hall–Kier alpha value is -3.68. The number of urea groups is 1. The van der Waals surface area contributed by atoms with E-state index in [1.165, 1.54) is 0 Å². The fraction of sp³-hybridized carbons (Fsp3) is 0.273. The fourth-order valence-corrected chi connectivity index (χ4v) is 3.99. The zero-order valence-corrected chi connectivity index (χ0v) is 16.8. The van der Waals surface area contributed by atoms with Gasteiger partial charge in [-0.3, -0.25) is 9.72 Å². The maximum atomic E-state index is 13.0. The van der Waals surface area contributed by atoms with Crippen LogP contribution in [0.4, 0.5) is 10.6 Å². The van der Waals surface area contributed by atoms with Crippen molar-refractivity contribution in [3.63, 3.8) is 0 Å². The average Bonchev–Trinajstić information content (AvgIpc) is 3.38. The van der Waals surface area contributed by atoms with Crippen molar-refractivity contribution in [2.45, 2.75) is 25.7 Å². The van der Waals surface area contributed by atoms with E-state index in [0.717, 1.165) is 42.1 Å². The number of nitrogens with one attached hydrogen (secondary N) is 1. The Morgan fingerprint density at radius 2 is 1.93 bits per heavy atom. The number of hydrogen-bond donors (Lipinski definition) is 1. The monoisotopic (exact) mass is 401 g/mol. The molecule has 152 valence electrons. The molecule has 8 nitrogen and oxygen atoms in total. The molecule has 1 aliphatic rings. The molecule has 3 aromatic heterocycles. The number of aryl methyl sites for hydroxylation is 1. The molecule has 4 aromatic rings. The standard InChI is InChI=1S/C22H23N7O/c1-16-14-29(18-9-3-2-4-10-18)26-20(16)23-22(30)27-12-7-8-17(15-27)21-25-24-19-11-5-6-13-28(19)21/h2-6,9-11,13-14,17H,7-8,12,15H2,1H3,(H,23,26,30). The maximum Gasteiger partial charge on any atom is 0.323 e. The fourth-order valence-electron chi connectivity index (χ4n) is 3.99. The van der Waals surface area contributed by atoms with Crippen molar-refractivity contribution in [1.82, 2.24) is 29.3 Å². The van der Waals surface area contributed by atoms with Gasteiger partial charge in [-0.1, -0.05) is 24.3 Å². The SMILES string of the molecule is Cc1cn(-c2ccccc2)nc1NC(=O)N1CCCC(c2nnc3ccccn23)C1. The van der Waals surface area contributed by atoms with Crippen LogP contribution < -0.4 is 5.32 Å². The number of carbonyl (C=O) groups is 1. The number of para-hydroxylation sites is 1. The van der Waals surface area contributed by atoms with Crippen LogP contribution in [-0.2, 0) is 0 Å². The average molecular weight is 401 g/mol. The summed E-state index contributed by atoms with van der Waals surface area (Å²) in [6, 6.07) is 15.6. The van der Waals surface area contributed by atoms with Gasteiger partial charge in [-0.15, -0.1) is 15.3 Å². The molecule has 1 atom stereocenters. The highest BCUT2D eigenvalue weighted by Gasteiger charge is 2.28. The molecule has 0 radical (unpaired) electrons. The van der Waals surface area contributed by atoms with E-state index in [1.54, 1.807) is 4.68 Å². The van der Waals surface area contributed by atoms with Gasteiger partial charge in [0.25, 0.3) is 0 Å². The molecule has 1 N–H and O–H groups in total. The number of nitrogens with zero attached hydrogens (tertiary/aromatic N) is 6. The first-order valence-corrected chi connectivity index (χ1v) is 10.2. The first kappa shape index (κ1) is 18.4. The van der Waals surface area contributed by atoms with Crippen LogP contribution in [0.1, 0.15) is 30.1 Å². The van der Waals surface area contributed by atoms with Gasteiger partial charge >= 0.3 is 6.03 Å². The number of carbonyl (C=O) groups excluding carboxylic acids is 1. The number of hydrogen-bond acceptors (Lipinski definition) is 4. The third-order valence-electron chi connectivity index (χ3n) is 5.56. The molecular weight excluding hydrogens is 378 g/mol. The lowest BCUT2D eigenvalue weighted by molar-refractivity contribution is 0.191. The molecule has 30 heavy (non-hydrogen) atoms. The van der Waals surface area contributed by atoms with Gasteiger partial charge in [0.1, 0.15) is 5.82 Å². The Morgan fingerprint density at radius 3 is 2.80 bits per heavy atom. The van der Waals surface area contributed by atoms with E-state index in [2.05, 4.69) is 20.6 Å². The molecule has 0 spiro atoms. The van der Waals surface area contributed by atoms with E-state index in [0.29, 0.717) is 12.4 Å². The van der Waals surface area contributed by atoms with Gasteiger partial charge in [0.2, 0.25) is 0 Å². The summed E-state index contributed by atoms with van der Waals surface area (Å²) in [5.74, 6) is 1.65. The lowest BCUT2D eigenvalue weighted by atomic mass is 9.97. The Bertz CT molecular complexity index is 1180. The van der Waals surface area contributed by atoms with Gasteiger partial charge < -0.3 is 4.90 Å². The Kier molecular flexibility index (Phi) is 4.66. The Labute approximate surface area is 174 Å². The zero-order valence-electron chi connectivity index (χ0n) is 16.8. The van der Waals surface area contributed by atoms with E-state index in [1.807, 2.05) is 77.1 Å². The summed E-state index contributed by atoms with van der Waals surface area (Å²) >= 11 is 0. The molecule has 0 aliphatic carbocycles. The summed E-state index contributed by atoms with van der Waals surface area (Å²) in [5.41, 5.74) is 2.71. The van der Waals surface area contributed by atoms with Gasteiger partial charge in [0.05, 0.1) is 5.69 Å². The van der Waals surface area contributed by atoms with Gasteiger partial charge in [-0.05, 0) is 44.0 Å². The number of pyridine rings is 1. The summed E-state index contributed by atoms with van der Waals surface area (Å²) < 4.78 is 3.80. The van der Waals surface area contributed by atoms with E-state index in [-0.39, 0.29) is 11.9 Å². The number of anilines is 1. The van der Waals surface area contributed by atoms with Crippen LogP contribution in [0.15, 0.2) is 60.9 Å². The van der Waals surface area contributed by atoms with Crippen molar-refractivity contribution >= 4 is 17.5 Å². The van der Waals surface area contributed by atoms with E-state index in [4.69, 9.17) is 0 Å². The van der Waals surface area contributed by atoms with Crippen molar-refractivity contribution in [3.05, 3.63) is 72.3 Å². The predicted molar refractivity (Wildman–Crippen MR) is 114 cm³/mol. The van der Waals surface area contributed by atoms with Gasteiger partial charge in [0.15, 0.2) is 11.5 Å². The Morgan fingerprint density at radius 1 is 1.10 bits per heavy atom. The quantitative estimate of drug-likeness (QED) is 0.568. The maximum absolute atomic E-state index is 13.0. The van der Waals surface area contributed by atoms with Crippen molar-refractivity contribution in [2.75, 3.05) is 18.4 Å². The highest BCUT2D eigenvalue weighted by Crippen LogP contribution is 2.27. The van der Waals surface area contributed by atoms with Crippen LogP contribution in [-0.4, -0.2) is 48.4 Å². The molecule has 0 saturated carbocycles. The van der Waals surface area contributed by atoms with Gasteiger partial charge in [-0.25, -0.2) is 9.48 Å². The molecule has 1 aliphatic heterocycles. The lowest BCUT2D eigenvalue weighted by Gasteiger charge is -2.31. The summed E-state index contributed by atoms with van der Waals surface area (Å²) in [5, 5.41) is 16.2. The van der Waals surface area contributed by atoms with Crippen LogP contribution in [0.25, 0.3) is 11.3 Å². The molecule has 5 rings (SSSR count). The molecule has 1 saturated heterocycles. The summed E-state index contributed by atoms with van der Waals surface area (Å²) in [4.78, 5) is 14.8. The smallest absolute Gasteiger partial charge is 0.323 e. The molecule has 1 fully saturated rings. The third-order valence-corrected chi connectivity index (χ3v) is 5.56. The lowest BCUT2D eigenvalue weighted by Crippen LogP contribution is -2.42. The van der Waals surface area contributed by atoms with Crippen LogP contribution in [0.2, 0.25) is 0 Å². The van der Waals surface area contributed by atoms with Gasteiger partial charge in [0, 0.05) is 37.0 Å². The second-order valence-electron chi connectivity index (χ2n) is 7.64. The van der Waals surface area contributed by atoms with Crippen LogP contribution >= 0.6 is 0 Å². The molecule has 4 heterocycles. The molecule has 0 bridgehead atoms. The minimum Gasteiger partial charge on any atom is -0.324 e. The summed E-state index contributed by atoms with van der Waals surface area (Å²) in [7, 11) is 0. The van der Waals surface area contributed by atoms with Crippen molar-refractivity contribution < 1.29 is 4.79 Å². The van der Waals surface area contributed by atoms with Gasteiger partial charge in [-0.2, -0.15) is 0 Å². The number of benzene rings is 1. The number of aromatic nitrogens is 5. The number of amides is 2. The molecular formula is C22H23N7O. The second-order valence-corrected chi connectivity index (χ2v) is 7.64. The van der Waals surface area contributed by atoms with Crippen LogP contribution in [0, 0.1) is 6.92 Å². The molecule has 2 amide bonds. The number of fused-ring (bicyclic) bond motifs is 1. The van der Waals surface area contributed by atoms with Crippen molar-refractivity contribution in [1.29, 1.82) is 0 Å². The summed E-state index contributed by atoms with van der Waals surface area (Å²) in [6.07, 6.45) is 5.81. The normalized spacial score (nSPS) is 16.7. The van der Waals surface area contributed by atoms with Crippen molar-refractivity contribution in [2.24, 2.45) is 0 Å². The molecule has 1 unspecified atom stereocenters. The predicted octanol–water partition coefficient (Wildman–Crippen LogP) is 3.63. The highest BCUT2D eigenvalue weighted by molar-refractivity contribution is 5.89. The summed E-state index contributed by atoms with van der Waals surface area (Å²) in [6.45, 7) is 3.28. The molecule has 8 heteroatoms. The van der Waals surface area contributed by atoms with E-state index >= 15 is 0 Å². The first-order chi connectivity index (χ1) is 14.7. The second kappa shape index (κ2) is 7.62. The van der Waals surface area contributed by atoms with Crippen molar-refractivity contribution in [3.8, 4) is 5.69 Å². The highest BCUT2D eigenvalue weighted by atomic mass is 16.2. The first-order valence-electron chi connectivity index (χ1n) is 10.2. The van der Waals surface area contributed by atoms with Crippen LogP contribution in [0.3, 0.4) is 0 Å². The molecule has 1 aromatic carbocycles. The van der Waals surface area contributed by atoms with E-state index in [9.17, 15) is 4.79 Å². The Balaban J connectivity index is 1.31. The minimum absolute atomic E-state index is 0.130. The number of piperidine rings is 1. The minimum atomic E-state index is -0.130. The third kappa shape index (κ3) is 3.41. The topological polar surface area (TPSA) is 80.3 Å². The number of rotatable bonds is 3. The number of likely N-dealkylation sites (tertiary alicyclic amines) is 1. The van der Waals surface area contributed by atoms with Crippen LogP contribution in [0.5, 0.6) is 0 Å². The van der Waals surface area contributed by atoms with E-state index < -0.39 is 0 Å². The largest absolute Gasteiger partial charge is 0.324 e. The zero-order chi connectivity index (χ0) is 20.5.